The van der Waals surface area contributed by atoms with Gasteiger partial charge in [-0.05, 0) is 26.3 Å². The molecule has 98 valence electrons. The molecule has 1 fully saturated rings. The summed E-state index contributed by atoms with van der Waals surface area (Å²) in [6.07, 6.45) is 0.143. The van der Waals surface area contributed by atoms with Crippen molar-refractivity contribution in [1.82, 2.24) is 4.90 Å². The number of hydrogen-bond donors (Lipinski definition) is 1. The highest BCUT2D eigenvalue weighted by molar-refractivity contribution is 5.87. The van der Waals surface area contributed by atoms with Crippen LogP contribution in [-0.2, 0) is 10.2 Å². The number of likely N-dealkylation sites (tertiary alicyclic amines) is 1. The van der Waals surface area contributed by atoms with Gasteiger partial charge in [-0.15, -0.1) is 0 Å². The van der Waals surface area contributed by atoms with Crippen molar-refractivity contribution >= 4 is 5.91 Å². The Balaban J connectivity index is 2.26. The molecule has 1 aromatic rings. The lowest BCUT2D eigenvalue weighted by molar-refractivity contribution is -0.135. The summed E-state index contributed by atoms with van der Waals surface area (Å²) < 4.78 is 13.8. The first-order chi connectivity index (χ1) is 8.43. The molecule has 1 atom stereocenters. The number of nitrogens with zero attached hydrogens (tertiary/aromatic N) is 1. The van der Waals surface area contributed by atoms with Crippen molar-refractivity contribution in [2.24, 2.45) is 0 Å². The molecule has 0 spiro atoms. The largest absolute Gasteiger partial charge is 0.391 e. The average molecular weight is 251 g/mol. The first kappa shape index (κ1) is 13.0. The molecule has 1 aliphatic rings. The summed E-state index contributed by atoms with van der Waals surface area (Å²) in [6.45, 7) is 4.32. The maximum Gasteiger partial charge on any atom is 0.232 e. The third kappa shape index (κ3) is 2.25. The molecule has 1 amide bonds. The first-order valence-corrected chi connectivity index (χ1v) is 6.15. The van der Waals surface area contributed by atoms with Crippen LogP contribution in [-0.4, -0.2) is 35.1 Å². The molecule has 1 heterocycles. The number of carbonyl (C=O) groups is 1. The molecule has 1 aliphatic heterocycles. The second-order valence-corrected chi connectivity index (χ2v) is 5.30. The van der Waals surface area contributed by atoms with Gasteiger partial charge in [0.15, 0.2) is 0 Å². The van der Waals surface area contributed by atoms with Crippen molar-refractivity contribution in [2.45, 2.75) is 31.8 Å². The van der Waals surface area contributed by atoms with Crippen LogP contribution in [0.3, 0.4) is 0 Å². The quantitative estimate of drug-likeness (QED) is 0.869. The van der Waals surface area contributed by atoms with Crippen molar-refractivity contribution in [2.75, 3.05) is 13.1 Å². The van der Waals surface area contributed by atoms with Crippen molar-refractivity contribution in [1.29, 1.82) is 0 Å². The zero-order chi connectivity index (χ0) is 13.3. The molecular weight excluding hydrogens is 233 g/mol. The summed E-state index contributed by atoms with van der Waals surface area (Å²) >= 11 is 0. The molecule has 0 radical (unpaired) electrons. The summed E-state index contributed by atoms with van der Waals surface area (Å²) in [5.74, 6) is -0.500. The highest BCUT2D eigenvalue weighted by Gasteiger charge is 2.38. The lowest BCUT2D eigenvalue weighted by atomic mass is 9.83. The summed E-state index contributed by atoms with van der Waals surface area (Å²) in [5, 5.41) is 9.47. The fourth-order valence-corrected chi connectivity index (χ4v) is 2.40. The van der Waals surface area contributed by atoms with E-state index >= 15 is 0 Å². The molecule has 4 heteroatoms. The predicted molar refractivity (Wildman–Crippen MR) is 66.6 cm³/mol. The van der Waals surface area contributed by atoms with Gasteiger partial charge in [-0.3, -0.25) is 4.79 Å². The number of amides is 1. The van der Waals surface area contributed by atoms with Gasteiger partial charge in [-0.1, -0.05) is 18.2 Å². The number of hydrogen-bond acceptors (Lipinski definition) is 2. The molecule has 0 unspecified atom stereocenters. The van der Waals surface area contributed by atoms with Crippen LogP contribution in [0.25, 0.3) is 0 Å². The maximum atomic E-state index is 13.8. The van der Waals surface area contributed by atoms with Gasteiger partial charge < -0.3 is 10.0 Å². The highest BCUT2D eigenvalue weighted by Crippen LogP contribution is 2.29. The zero-order valence-corrected chi connectivity index (χ0v) is 10.7. The molecular formula is C14H18FNO2. The predicted octanol–water partition coefficient (Wildman–Crippen LogP) is 1.70. The number of carbonyl (C=O) groups excluding carboxylic acids is 1. The molecule has 18 heavy (non-hydrogen) atoms. The van der Waals surface area contributed by atoms with E-state index in [2.05, 4.69) is 0 Å². The Labute approximate surface area is 106 Å². The van der Waals surface area contributed by atoms with Crippen LogP contribution in [0.5, 0.6) is 0 Å². The van der Waals surface area contributed by atoms with Gasteiger partial charge >= 0.3 is 0 Å². The van der Waals surface area contributed by atoms with Crippen LogP contribution in [0.15, 0.2) is 24.3 Å². The lowest BCUT2D eigenvalue weighted by Crippen LogP contribution is -2.43. The Kier molecular flexibility index (Phi) is 3.39. The summed E-state index contributed by atoms with van der Waals surface area (Å²) in [6, 6.07) is 6.34. The first-order valence-electron chi connectivity index (χ1n) is 6.15. The second kappa shape index (κ2) is 4.69. The summed E-state index contributed by atoms with van der Waals surface area (Å²) in [5.41, 5.74) is -0.508. The van der Waals surface area contributed by atoms with Crippen LogP contribution in [0.2, 0.25) is 0 Å². The number of rotatable bonds is 2. The Bertz CT molecular complexity index is 459. The van der Waals surface area contributed by atoms with Crippen molar-refractivity contribution in [3.8, 4) is 0 Å². The smallest absolute Gasteiger partial charge is 0.232 e. The number of β-amino-alcohol motifs (C(OH)–C–C–N with tert-alkyl or cyclic N) is 1. The second-order valence-electron chi connectivity index (χ2n) is 5.30. The Hall–Kier alpha value is -1.42. The van der Waals surface area contributed by atoms with Crippen LogP contribution >= 0.6 is 0 Å². The molecule has 1 N–H and O–H groups in total. The van der Waals surface area contributed by atoms with E-state index in [1.165, 1.54) is 6.07 Å². The molecule has 2 rings (SSSR count). The summed E-state index contributed by atoms with van der Waals surface area (Å²) in [7, 11) is 0. The fourth-order valence-electron chi connectivity index (χ4n) is 2.40. The minimum Gasteiger partial charge on any atom is -0.391 e. The van der Waals surface area contributed by atoms with Crippen molar-refractivity contribution in [3.05, 3.63) is 35.6 Å². The lowest BCUT2D eigenvalue weighted by Gasteiger charge is -2.29. The fraction of sp³-hybridized carbons (Fsp3) is 0.500. The van der Waals surface area contributed by atoms with Gasteiger partial charge in [0, 0.05) is 18.7 Å². The SMILES string of the molecule is CC(C)(C(=O)N1CC[C@@H](O)C1)c1ccccc1F. The minimum atomic E-state index is -0.907. The van der Waals surface area contributed by atoms with Gasteiger partial charge in [-0.2, -0.15) is 0 Å². The number of aliphatic hydroxyl groups is 1. The normalized spacial score (nSPS) is 20.2. The van der Waals surface area contributed by atoms with Gasteiger partial charge in [0.25, 0.3) is 0 Å². The van der Waals surface area contributed by atoms with E-state index in [1.54, 1.807) is 36.9 Å². The van der Waals surface area contributed by atoms with Crippen molar-refractivity contribution < 1.29 is 14.3 Å². The number of aliphatic hydroxyl groups excluding tert-OH is 1. The van der Waals surface area contributed by atoms with Gasteiger partial charge in [0.05, 0.1) is 11.5 Å². The number of benzene rings is 1. The van der Waals surface area contributed by atoms with Crippen LogP contribution in [0.1, 0.15) is 25.8 Å². The monoisotopic (exact) mass is 251 g/mol. The molecule has 0 saturated carbocycles. The molecule has 3 nitrogen and oxygen atoms in total. The van der Waals surface area contributed by atoms with Crippen LogP contribution in [0.4, 0.5) is 4.39 Å². The molecule has 1 saturated heterocycles. The van der Waals surface area contributed by atoms with E-state index in [1.807, 2.05) is 0 Å². The Morgan fingerprint density at radius 1 is 1.44 bits per heavy atom. The van der Waals surface area contributed by atoms with Gasteiger partial charge in [-0.25, -0.2) is 4.39 Å². The molecule has 0 bridgehead atoms. The summed E-state index contributed by atoms with van der Waals surface area (Å²) in [4.78, 5) is 14.0. The Morgan fingerprint density at radius 2 is 2.11 bits per heavy atom. The average Bonchev–Trinajstić information content (AvgIpc) is 2.75. The molecule has 0 aliphatic carbocycles. The van der Waals surface area contributed by atoms with Gasteiger partial charge in [0.1, 0.15) is 5.82 Å². The van der Waals surface area contributed by atoms with E-state index in [4.69, 9.17) is 0 Å². The topological polar surface area (TPSA) is 40.5 Å². The Morgan fingerprint density at radius 3 is 2.67 bits per heavy atom. The zero-order valence-electron chi connectivity index (χ0n) is 10.7. The van der Waals surface area contributed by atoms with E-state index in [-0.39, 0.29) is 11.7 Å². The van der Waals surface area contributed by atoms with Crippen molar-refractivity contribution in [3.63, 3.8) is 0 Å². The van der Waals surface area contributed by atoms with Crippen LogP contribution < -0.4 is 0 Å². The van der Waals surface area contributed by atoms with Gasteiger partial charge in [0.2, 0.25) is 5.91 Å². The van der Waals surface area contributed by atoms with Crippen LogP contribution in [0, 0.1) is 5.82 Å². The van der Waals surface area contributed by atoms with E-state index in [0.29, 0.717) is 25.1 Å². The number of halogens is 1. The minimum absolute atomic E-state index is 0.135. The molecule has 1 aromatic carbocycles. The molecule has 0 aromatic heterocycles. The third-order valence-electron chi connectivity index (χ3n) is 3.53. The van der Waals surface area contributed by atoms with E-state index in [9.17, 15) is 14.3 Å². The highest BCUT2D eigenvalue weighted by atomic mass is 19.1. The standard InChI is InChI=1S/C14H18FNO2/c1-14(2,11-5-3-4-6-12(11)15)13(18)16-8-7-10(17)9-16/h3-6,10,17H,7-9H2,1-2H3/t10-/m1/s1. The third-order valence-corrected chi connectivity index (χ3v) is 3.53. The van der Waals surface area contributed by atoms with E-state index in [0.717, 1.165) is 0 Å². The van der Waals surface area contributed by atoms with E-state index < -0.39 is 11.5 Å². The maximum absolute atomic E-state index is 13.8.